The molecule has 0 spiro atoms. The molecule has 0 saturated heterocycles. The van der Waals surface area contributed by atoms with Crippen LogP contribution in [0.25, 0.3) is 10.8 Å². The molecule has 0 aliphatic carbocycles. The van der Waals surface area contributed by atoms with Crippen LogP contribution in [0.2, 0.25) is 0 Å². The summed E-state index contributed by atoms with van der Waals surface area (Å²) in [5.41, 5.74) is -0.755. The topological polar surface area (TPSA) is 79.6 Å². The van der Waals surface area contributed by atoms with Gasteiger partial charge in [0.15, 0.2) is 5.76 Å². The first-order valence-electron chi connectivity index (χ1n) is 4.45. The van der Waals surface area contributed by atoms with Gasteiger partial charge in [-0.3, -0.25) is 0 Å². The molecule has 6 heteroatoms. The number of hydrogen-bond donors (Lipinski definition) is 0. The van der Waals surface area contributed by atoms with Crippen molar-refractivity contribution < 1.29 is 48.6 Å². The van der Waals surface area contributed by atoms with Gasteiger partial charge in [-0.1, -0.05) is 12.1 Å². The molecule has 2 aromatic rings. The monoisotopic (exact) mass is 242 g/mol. The van der Waals surface area contributed by atoms with E-state index in [-0.39, 0.29) is 34.9 Å². The number of methoxy groups -OCH3 is 1. The maximum absolute atomic E-state index is 11.5. The van der Waals surface area contributed by atoms with Crippen LogP contribution in [-0.2, 0) is 0 Å². The average Bonchev–Trinajstić information content (AvgIpc) is 2.27. The van der Waals surface area contributed by atoms with Gasteiger partial charge >= 0.3 is 35.2 Å². The van der Waals surface area contributed by atoms with Crippen molar-refractivity contribution >= 4 is 16.7 Å². The number of ether oxygens (including phenoxy) is 1. The number of carboxylic acid groups (broad SMARTS) is 1. The predicted octanol–water partition coefficient (Wildman–Crippen LogP) is -2.83. The van der Waals surface area contributed by atoms with E-state index in [1.807, 2.05) is 0 Å². The molecule has 0 aliphatic rings. The van der Waals surface area contributed by atoms with Gasteiger partial charge in [0.2, 0.25) is 0 Å². The fraction of sp³-hybridized carbons (Fsp3) is 0.0909. The van der Waals surface area contributed by atoms with Crippen molar-refractivity contribution in [2.75, 3.05) is 7.11 Å². The van der Waals surface area contributed by atoms with Gasteiger partial charge in [0.05, 0.1) is 7.11 Å². The van der Waals surface area contributed by atoms with Crippen molar-refractivity contribution in [1.82, 2.24) is 0 Å². The van der Waals surface area contributed by atoms with E-state index in [0.717, 1.165) is 0 Å². The molecule has 2 rings (SSSR count). The van der Waals surface area contributed by atoms with Gasteiger partial charge in [-0.2, -0.15) is 0 Å². The minimum Gasteiger partial charge on any atom is -0.542 e. The summed E-state index contributed by atoms with van der Waals surface area (Å²) in [6, 6.07) is 6.08. The van der Waals surface area contributed by atoms with Crippen LogP contribution in [-0.4, -0.2) is 13.1 Å². The molecule has 0 amide bonds. The van der Waals surface area contributed by atoms with Crippen LogP contribution in [0.4, 0.5) is 0 Å². The molecule has 0 unspecified atom stereocenters. The van der Waals surface area contributed by atoms with Gasteiger partial charge in [0.1, 0.15) is 17.1 Å². The number of carbonyl (C=O) groups is 1. The first kappa shape index (κ1) is 13.8. The zero-order valence-corrected chi connectivity index (χ0v) is 11.4. The van der Waals surface area contributed by atoms with Crippen molar-refractivity contribution in [3.05, 3.63) is 40.4 Å². The standard InChI is InChI=1S/C11H8O5.Na/c1-15-7-4-2-3-6-5-8(10(12)13)16-11(14)9(6)7;/h2-5H,1H3,(H,12,13);/q;+1/p-1. The third-order valence-corrected chi connectivity index (χ3v) is 2.17. The average molecular weight is 242 g/mol. The quantitative estimate of drug-likeness (QED) is 0.530. The van der Waals surface area contributed by atoms with Crippen LogP contribution in [0.3, 0.4) is 0 Å². The van der Waals surface area contributed by atoms with Crippen LogP contribution in [0.5, 0.6) is 5.75 Å². The summed E-state index contributed by atoms with van der Waals surface area (Å²) in [5.74, 6) is -1.68. The SMILES string of the molecule is COc1cccc2cc(C(=O)[O-])oc(=O)c12.[Na+]. The van der Waals surface area contributed by atoms with Crippen LogP contribution < -0.4 is 45.0 Å². The Bertz CT molecular complexity index is 617. The smallest absolute Gasteiger partial charge is 0.542 e. The van der Waals surface area contributed by atoms with E-state index in [2.05, 4.69) is 4.42 Å². The summed E-state index contributed by atoms with van der Waals surface area (Å²) in [6.45, 7) is 0. The van der Waals surface area contributed by atoms with Crippen molar-refractivity contribution in [3.63, 3.8) is 0 Å². The number of aromatic carboxylic acids is 1. The van der Waals surface area contributed by atoms with Crippen LogP contribution >= 0.6 is 0 Å². The number of hydrogen-bond acceptors (Lipinski definition) is 5. The second kappa shape index (κ2) is 5.35. The number of carboxylic acids is 1. The maximum atomic E-state index is 11.5. The maximum Gasteiger partial charge on any atom is 1.00 e. The summed E-state index contributed by atoms with van der Waals surface area (Å²) in [7, 11) is 1.42. The molecule has 1 aromatic heterocycles. The zero-order chi connectivity index (χ0) is 11.7. The van der Waals surface area contributed by atoms with Crippen molar-refractivity contribution in [2.24, 2.45) is 0 Å². The summed E-state index contributed by atoms with van der Waals surface area (Å²) >= 11 is 0. The summed E-state index contributed by atoms with van der Waals surface area (Å²) < 4.78 is 9.58. The predicted molar refractivity (Wildman–Crippen MR) is 53.4 cm³/mol. The van der Waals surface area contributed by atoms with Crippen molar-refractivity contribution in [3.8, 4) is 5.75 Å². The van der Waals surface area contributed by atoms with Crippen molar-refractivity contribution in [2.45, 2.75) is 0 Å². The van der Waals surface area contributed by atoms with Gasteiger partial charge in [0.25, 0.3) is 0 Å². The first-order chi connectivity index (χ1) is 7.63. The molecule has 0 saturated carbocycles. The molecule has 82 valence electrons. The van der Waals surface area contributed by atoms with Crippen molar-refractivity contribution in [1.29, 1.82) is 0 Å². The van der Waals surface area contributed by atoms with E-state index in [4.69, 9.17) is 4.74 Å². The minimum absolute atomic E-state index is 0. The Kier molecular flexibility index (Phi) is 4.34. The van der Waals surface area contributed by atoms with Gasteiger partial charge in [-0.25, -0.2) is 4.79 Å². The molecule has 1 heterocycles. The number of fused-ring (bicyclic) bond motifs is 1. The second-order valence-corrected chi connectivity index (χ2v) is 3.11. The van der Waals surface area contributed by atoms with E-state index in [1.54, 1.807) is 18.2 Å². The minimum atomic E-state index is -1.53. The summed E-state index contributed by atoms with van der Waals surface area (Å²) in [6.07, 6.45) is 0. The largest absolute Gasteiger partial charge is 1.00 e. The number of rotatable bonds is 2. The molecule has 0 aliphatic heterocycles. The van der Waals surface area contributed by atoms with Crippen LogP contribution in [0, 0.1) is 0 Å². The normalized spacial score (nSPS) is 9.71. The Balaban J connectivity index is 0.00000144. The van der Waals surface area contributed by atoms with E-state index in [1.165, 1.54) is 13.2 Å². The molecule has 0 N–H and O–H groups in total. The molecule has 0 bridgehead atoms. The van der Waals surface area contributed by atoms with Gasteiger partial charge in [-0.15, -0.1) is 0 Å². The van der Waals surface area contributed by atoms with E-state index in [0.29, 0.717) is 11.1 Å². The van der Waals surface area contributed by atoms with E-state index >= 15 is 0 Å². The number of carbonyl (C=O) groups excluding carboxylic acids is 1. The van der Waals surface area contributed by atoms with Gasteiger partial charge in [-0.05, 0) is 17.5 Å². The van der Waals surface area contributed by atoms with Gasteiger partial charge in [0, 0.05) is 0 Å². The fourth-order valence-corrected chi connectivity index (χ4v) is 1.48. The second-order valence-electron chi connectivity index (χ2n) is 3.11. The Labute approximate surface area is 118 Å². The first-order valence-corrected chi connectivity index (χ1v) is 4.45. The van der Waals surface area contributed by atoms with Crippen LogP contribution in [0.15, 0.2) is 33.5 Å². The Morgan fingerprint density at radius 3 is 2.71 bits per heavy atom. The molecule has 17 heavy (non-hydrogen) atoms. The molecule has 0 atom stereocenters. The Morgan fingerprint density at radius 2 is 2.12 bits per heavy atom. The molecular weight excluding hydrogens is 235 g/mol. The number of benzene rings is 1. The summed E-state index contributed by atoms with van der Waals surface area (Å²) in [4.78, 5) is 22.1. The summed E-state index contributed by atoms with van der Waals surface area (Å²) in [5, 5.41) is 11.2. The molecule has 0 fully saturated rings. The third-order valence-electron chi connectivity index (χ3n) is 2.17. The Hall–Kier alpha value is -1.30. The van der Waals surface area contributed by atoms with Crippen LogP contribution in [0.1, 0.15) is 10.6 Å². The Morgan fingerprint density at radius 1 is 1.41 bits per heavy atom. The van der Waals surface area contributed by atoms with Gasteiger partial charge < -0.3 is 19.1 Å². The third kappa shape index (κ3) is 2.52. The van der Waals surface area contributed by atoms with E-state index < -0.39 is 17.4 Å². The molecular formula is C11H7NaO5. The molecule has 1 aromatic carbocycles. The zero-order valence-electron chi connectivity index (χ0n) is 9.35. The van der Waals surface area contributed by atoms with E-state index in [9.17, 15) is 14.7 Å². The fourth-order valence-electron chi connectivity index (χ4n) is 1.48. The molecule has 5 nitrogen and oxygen atoms in total. The molecule has 0 radical (unpaired) electrons.